The van der Waals surface area contributed by atoms with E-state index in [1.165, 1.54) is 18.4 Å². The van der Waals surface area contributed by atoms with Crippen molar-refractivity contribution >= 4 is 5.91 Å². The van der Waals surface area contributed by atoms with Crippen molar-refractivity contribution in [3.05, 3.63) is 41.8 Å². The van der Waals surface area contributed by atoms with Gasteiger partial charge in [-0.3, -0.25) is 9.69 Å². The van der Waals surface area contributed by atoms with Crippen molar-refractivity contribution in [2.24, 2.45) is 0 Å². The van der Waals surface area contributed by atoms with Gasteiger partial charge in [-0.1, -0.05) is 0 Å². The zero-order valence-corrected chi connectivity index (χ0v) is 14.6. The summed E-state index contributed by atoms with van der Waals surface area (Å²) in [5.74, 6) is -0.277. The number of carbonyl (C=O) groups is 1. The molecule has 1 aromatic heterocycles. The fraction of sp³-hybridized carbons (Fsp3) is 0.444. The maximum atomic E-state index is 12.6. The first-order valence-corrected chi connectivity index (χ1v) is 8.65. The standard InChI is InChI=1S/C18H20F3N3O3/c19-18(20,21)14-4-2-13(3-5-14)17-23-15(12-27-17)16(25)22-6-1-7-24-8-10-26-11-9-24/h2-5,12H,1,6-11H2,(H,22,25). The van der Waals surface area contributed by atoms with Gasteiger partial charge < -0.3 is 14.5 Å². The fourth-order valence-electron chi connectivity index (χ4n) is 2.73. The van der Waals surface area contributed by atoms with Gasteiger partial charge in [0, 0.05) is 25.2 Å². The average Bonchev–Trinajstić information content (AvgIpc) is 3.16. The number of hydrogen-bond donors (Lipinski definition) is 1. The lowest BCUT2D eigenvalue weighted by Gasteiger charge is -2.26. The van der Waals surface area contributed by atoms with Crippen LogP contribution < -0.4 is 5.32 Å². The number of hydrogen-bond acceptors (Lipinski definition) is 5. The Balaban J connectivity index is 1.50. The fourth-order valence-corrected chi connectivity index (χ4v) is 2.73. The second-order valence-electron chi connectivity index (χ2n) is 6.18. The molecule has 0 aliphatic carbocycles. The van der Waals surface area contributed by atoms with Crippen molar-refractivity contribution < 1.29 is 27.1 Å². The van der Waals surface area contributed by atoms with Crippen molar-refractivity contribution in [2.45, 2.75) is 12.6 Å². The molecule has 1 aromatic carbocycles. The monoisotopic (exact) mass is 383 g/mol. The Labute approximate surface area is 154 Å². The summed E-state index contributed by atoms with van der Waals surface area (Å²) < 4.78 is 48.3. The number of nitrogens with one attached hydrogen (secondary N) is 1. The lowest BCUT2D eigenvalue weighted by Crippen LogP contribution is -2.38. The molecule has 2 heterocycles. The number of aromatic nitrogens is 1. The zero-order valence-electron chi connectivity index (χ0n) is 14.6. The van der Waals surface area contributed by atoms with Crippen molar-refractivity contribution in [3.8, 4) is 11.5 Å². The van der Waals surface area contributed by atoms with Crippen LogP contribution >= 0.6 is 0 Å². The molecule has 6 nitrogen and oxygen atoms in total. The van der Waals surface area contributed by atoms with Crippen LogP contribution in [0.25, 0.3) is 11.5 Å². The van der Waals surface area contributed by atoms with Crippen LogP contribution in [0.3, 0.4) is 0 Å². The highest BCUT2D eigenvalue weighted by molar-refractivity contribution is 5.92. The molecule has 1 fully saturated rings. The maximum Gasteiger partial charge on any atom is 0.416 e. The highest BCUT2D eigenvalue weighted by Crippen LogP contribution is 2.30. The molecule has 1 N–H and O–H groups in total. The lowest BCUT2D eigenvalue weighted by molar-refractivity contribution is -0.137. The summed E-state index contributed by atoms with van der Waals surface area (Å²) in [6, 6.07) is 4.42. The van der Waals surface area contributed by atoms with Gasteiger partial charge in [0.15, 0.2) is 5.69 Å². The minimum Gasteiger partial charge on any atom is -0.444 e. The van der Waals surface area contributed by atoms with Gasteiger partial charge in [0.05, 0.1) is 18.8 Å². The van der Waals surface area contributed by atoms with Crippen LogP contribution in [0.15, 0.2) is 34.9 Å². The summed E-state index contributed by atoms with van der Waals surface area (Å²) in [6.45, 7) is 4.63. The third kappa shape index (κ3) is 5.30. The van der Waals surface area contributed by atoms with E-state index in [2.05, 4.69) is 15.2 Å². The first-order chi connectivity index (χ1) is 12.9. The van der Waals surface area contributed by atoms with Gasteiger partial charge in [0.1, 0.15) is 6.26 Å². The molecule has 1 saturated heterocycles. The van der Waals surface area contributed by atoms with Crippen LogP contribution in [0.1, 0.15) is 22.5 Å². The highest BCUT2D eigenvalue weighted by atomic mass is 19.4. The van der Waals surface area contributed by atoms with Crippen molar-refractivity contribution in [3.63, 3.8) is 0 Å². The van der Waals surface area contributed by atoms with Gasteiger partial charge >= 0.3 is 6.18 Å². The van der Waals surface area contributed by atoms with E-state index in [0.717, 1.165) is 51.4 Å². The lowest BCUT2D eigenvalue weighted by atomic mass is 10.1. The summed E-state index contributed by atoms with van der Waals surface area (Å²) in [5.41, 5.74) is -0.290. The predicted molar refractivity (Wildman–Crippen MR) is 91.2 cm³/mol. The van der Waals surface area contributed by atoms with Crippen molar-refractivity contribution in [2.75, 3.05) is 39.4 Å². The number of ether oxygens (including phenoxy) is 1. The number of nitrogens with zero attached hydrogens (tertiary/aromatic N) is 2. The predicted octanol–water partition coefficient (Wildman–Crippen LogP) is 2.81. The minimum atomic E-state index is -4.40. The van der Waals surface area contributed by atoms with E-state index < -0.39 is 11.7 Å². The van der Waals surface area contributed by atoms with Gasteiger partial charge in [0.25, 0.3) is 5.91 Å². The number of carbonyl (C=O) groups excluding carboxylic acids is 1. The highest BCUT2D eigenvalue weighted by Gasteiger charge is 2.30. The number of oxazole rings is 1. The molecular weight excluding hydrogens is 363 g/mol. The maximum absolute atomic E-state index is 12.6. The SMILES string of the molecule is O=C(NCCCN1CCOCC1)c1coc(-c2ccc(C(F)(F)F)cc2)n1. The number of rotatable bonds is 6. The van der Waals surface area contributed by atoms with Crippen LogP contribution in [0.5, 0.6) is 0 Å². The molecule has 9 heteroatoms. The smallest absolute Gasteiger partial charge is 0.416 e. The first-order valence-electron chi connectivity index (χ1n) is 8.65. The average molecular weight is 383 g/mol. The van der Waals surface area contributed by atoms with E-state index in [9.17, 15) is 18.0 Å². The largest absolute Gasteiger partial charge is 0.444 e. The quantitative estimate of drug-likeness (QED) is 0.777. The van der Waals surface area contributed by atoms with E-state index in [0.29, 0.717) is 12.1 Å². The Morgan fingerprint density at radius 1 is 1.19 bits per heavy atom. The van der Waals surface area contributed by atoms with E-state index in [-0.39, 0.29) is 17.5 Å². The Morgan fingerprint density at radius 3 is 2.56 bits per heavy atom. The van der Waals surface area contributed by atoms with Crippen LogP contribution in [0.2, 0.25) is 0 Å². The van der Waals surface area contributed by atoms with Crippen LogP contribution in [0, 0.1) is 0 Å². The molecule has 0 bridgehead atoms. The Kier molecular flexibility index (Phi) is 6.12. The number of benzene rings is 1. The van der Waals surface area contributed by atoms with E-state index in [1.54, 1.807) is 0 Å². The van der Waals surface area contributed by atoms with Crippen LogP contribution in [-0.4, -0.2) is 55.2 Å². The zero-order chi connectivity index (χ0) is 19.3. The molecule has 0 unspecified atom stereocenters. The van der Waals surface area contributed by atoms with E-state index >= 15 is 0 Å². The van der Waals surface area contributed by atoms with Gasteiger partial charge in [-0.05, 0) is 37.2 Å². The van der Waals surface area contributed by atoms with Crippen LogP contribution in [-0.2, 0) is 10.9 Å². The Bertz CT molecular complexity index is 753. The van der Waals surface area contributed by atoms with Crippen molar-refractivity contribution in [1.29, 1.82) is 0 Å². The third-order valence-corrected chi connectivity index (χ3v) is 4.24. The summed E-state index contributed by atoms with van der Waals surface area (Å²) in [5, 5.41) is 2.76. The number of amides is 1. The van der Waals surface area contributed by atoms with E-state index in [1.807, 2.05) is 0 Å². The number of halogens is 3. The van der Waals surface area contributed by atoms with Gasteiger partial charge in [-0.2, -0.15) is 13.2 Å². The van der Waals surface area contributed by atoms with Gasteiger partial charge in [0.2, 0.25) is 5.89 Å². The Hall–Kier alpha value is -2.39. The summed E-state index contributed by atoms with van der Waals surface area (Å²) in [7, 11) is 0. The molecule has 0 saturated carbocycles. The second-order valence-corrected chi connectivity index (χ2v) is 6.18. The minimum absolute atomic E-state index is 0.0938. The summed E-state index contributed by atoms with van der Waals surface area (Å²) in [6.07, 6.45) is -2.40. The molecule has 2 aromatic rings. The topological polar surface area (TPSA) is 67.6 Å². The molecule has 0 radical (unpaired) electrons. The summed E-state index contributed by atoms with van der Waals surface area (Å²) in [4.78, 5) is 18.4. The molecule has 3 rings (SSSR count). The van der Waals surface area contributed by atoms with E-state index in [4.69, 9.17) is 9.15 Å². The summed E-state index contributed by atoms with van der Waals surface area (Å²) >= 11 is 0. The molecule has 1 amide bonds. The number of alkyl halides is 3. The van der Waals surface area contributed by atoms with Gasteiger partial charge in [-0.25, -0.2) is 4.98 Å². The normalized spacial score (nSPS) is 15.7. The number of morpholine rings is 1. The second kappa shape index (κ2) is 8.53. The molecule has 0 atom stereocenters. The molecule has 1 aliphatic heterocycles. The Morgan fingerprint density at radius 2 is 1.89 bits per heavy atom. The third-order valence-electron chi connectivity index (χ3n) is 4.24. The van der Waals surface area contributed by atoms with Gasteiger partial charge in [-0.15, -0.1) is 0 Å². The molecule has 27 heavy (non-hydrogen) atoms. The first kappa shape index (κ1) is 19.4. The molecule has 146 valence electrons. The molecule has 0 spiro atoms. The molecule has 1 aliphatic rings. The molecular formula is C18H20F3N3O3. The van der Waals surface area contributed by atoms with Crippen molar-refractivity contribution in [1.82, 2.24) is 15.2 Å². The van der Waals surface area contributed by atoms with Crippen LogP contribution in [0.4, 0.5) is 13.2 Å².